The van der Waals surface area contributed by atoms with Crippen LogP contribution in [0, 0.1) is 17.7 Å². The zero-order valence-corrected chi connectivity index (χ0v) is 12.9. The number of likely N-dealkylation sites (tertiary alicyclic amines) is 1. The molecule has 2 rings (SSSR count). The smallest absolute Gasteiger partial charge is 0.224 e. The van der Waals surface area contributed by atoms with E-state index in [-0.39, 0.29) is 17.6 Å². The van der Waals surface area contributed by atoms with Crippen LogP contribution in [0.15, 0.2) is 24.3 Å². The quantitative estimate of drug-likeness (QED) is 0.905. The molecule has 1 saturated heterocycles. The first kappa shape index (κ1) is 16.0. The molecule has 1 unspecified atom stereocenters. The predicted octanol–water partition coefficient (Wildman–Crippen LogP) is 2.81. The number of nitrogens with one attached hydrogen (secondary N) is 1. The van der Waals surface area contributed by atoms with E-state index in [1.165, 1.54) is 6.07 Å². The van der Waals surface area contributed by atoms with Crippen molar-refractivity contribution in [3.05, 3.63) is 35.6 Å². The van der Waals surface area contributed by atoms with Crippen LogP contribution in [0.1, 0.15) is 32.3 Å². The van der Waals surface area contributed by atoms with E-state index in [9.17, 15) is 9.18 Å². The highest BCUT2D eigenvalue weighted by molar-refractivity contribution is 5.78. The Labute approximate surface area is 126 Å². The van der Waals surface area contributed by atoms with E-state index in [0.717, 1.165) is 32.5 Å². The summed E-state index contributed by atoms with van der Waals surface area (Å²) in [6, 6.07) is 6.87. The van der Waals surface area contributed by atoms with Crippen molar-refractivity contribution >= 4 is 5.91 Å². The summed E-state index contributed by atoms with van der Waals surface area (Å²) in [4.78, 5) is 14.3. The Bertz CT molecular complexity index is 476. The van der Waals surface area contributed by atoms with Gasteiger partial charge in [0, 0.05) is 25.2 Å². The number of hydrogen-bond donors (Lipinski definition) is 1. The second-order valence-electron chi connectivity index (χ2n) is 6.30. The summed E-state index contributed by atoms with van der Waals surface area (Å²) in [6.45, 7) is 7.14. The summed E-state index contributed by atoms with van der Waals surface area (Å²) >= 11 is 0. The molecule has 116 valence electrons. The Hall–Kier alpha value is -1.42. The molecule has 1 N–H and O–H groups in total. The van der Waals surface area contributed by atoms with Crippen molar-refractivity contribution in [2.75, 3.05) is 19.6 Å². The van der Waals surface area contributed by atoms with E-state index in [0.29, 0.717) is 18.0 Å². The minimum atomic E-state index is -0.163. The molecular weight excluding hydrogens is 267 g/mol. The number of carbonyl (C=O) groups is 1. The molecule has 0 bridgehead atoms. The molecule has 21 heavy (non-hydrogen) atoms. The van der Waals surface area contributed by atoms with Crippen LogP contribution >= 0.6 is 0 Å². The van der Waals surface area contributed by atoms with Gasteiger partial charge in [0.15, 0.2) is 0 Å². The van der Waals surface area contributed by atoms with Gasteiger partial charge in [0.2, 0.25) is 5.91 Å². The topological polar surface area (TPSA) is 32.3 Å². The maximum absolute atomic E-state index is 13.7. The molecular formula is C17H25FN2O. The van der Waals surface area contributed by atoms with Crippen molar-refractivity contribution in [3.8, 4) is 0 Å². The highest BCUT2D eigenvalue weighted by Crippen LogP contribution is 2.19. The van der Waals surface area contributed by atoms with Crippen LogP contribution in [0.4, 0.5) is 4.39 Å². The maximum Gasteiger partial charge on any atom is 0.224 e. The second-order valence-corrected chi connectivity index (χ2v) is 6.30. The minimum absolute atomic E-state index is 0.0317. The normalized spacial score (nSPS) is 19.7. The number of amides is 1. The molecule has 0 aliphatic carbocycles. The van der Waals surface area contributed by atoms with Crippen molar-refractivity contribution in [3.63, 3.8) is 0 Å². The molecule has 1 atom stereocenters. The molecule has 0 saturated carbocycles. The second kappa shape index (κ2) is 7.55. The van der Waals surface area contributed by atoms with Gasteiger partial charge in [-0.2, -0.15) is 0 Å². The van der Waals surface area contributed by atoms with Gasteiger partial charge >= 0.3 is 0 Å². The molecule has 1 heterocycles. The van der Waals surface area contributed by atoms with E-state index in [4.69, 9.17) is 0 Å². The third kappa shape index (κ3) is 4.81. The van der Waals surface area contributed by atoms with E-state index >= 15 is 0 Å². The Morgan fingerprint density at radius 2 is 2.19 bits per heavy atom. The van der Waals surface area contributed by atoms with Crippen LogP contribution in [0.5, 0.6) is 0 Å². The van der Waals surface area contributed by atoms with Gasteiger partial charge < -0.3 is 5.32 Å². The van der Waals surface area contributed by atoms with Crippen molar-refractivity contribution in [1.29, 1.82) is 0 Å². The minimum Gasteiger partial charge on any atom is -0.356 e. The molecule has 0 radical (unpaired) electrons. The Kier molecular flexibility index (Phi) is 5.74. The van der Waals surface area contributed by atoms with E-state index in [1.54, 1.807) is 6.07 Å². The molecule has 0 aromatic heterocycles. The van der Waals surface area contributed by atoms with Crippen LogP contribution in [-0.4, -0.2) is 30.4 Å². The number of nitrogens with zero attached hydrogens (tertiary/aromatic N) is 1. The Morgan fingerprint density at radius 1 is 1.43 bits per heavy atom. The van der Waals surface area contributed by atoms with Crippen LogP contribution in [-0.2, 0) is 11.3 Å². The fourth-order valence-electron chi connectivity index (χ4n) is 2.73. The number of hydrogen-bond acceptors (Lipinski definition) is 2. The van der Waals surface area contributed by atoms with Gasteiger partial charge in [-0.15, -0.1) is 0 Å². The number of rotatable bonds is 5. The van der Waals surface area contributed by atoms with Gasteiger partial charge in [0.25, 0.3) is 0 Å². The summed E-state index contributed by atoms with van der Waals surface area (Å²) in [5.74, 6) is 0.474. The zero-order valence-electron chi connectivity index (χ0n) is 12.9. The Morgan fingerprint density at radius 3 is 2.90 bits per heavy atom. The number of carbonyl (C=O) groups excluding carboxylic acids is 1. The molecule has 3 nitrogen and oxygen atoms in total. The fourth-order valence-corrected chi connectivity index (χ4v) is 2.73. The number of piperidine rings is 1. The third-order valence-corrected chi connectivity index (χ3v) is 3.91. The molecule has 1 aliphatic rings. The lowest BCUT2D eigenvalue weighted by molar-refractivity contribution is -0.126. The third-order valence-electron chi connectivity index (χ3n) is 3.91. The Balaban J connectivity index is 1.89. The molecule has 1 aromatic rings. The predicted molar refractivity (Wildman–Crippen MR) is 82.2 cm³/mol. The van der Waals surface area contributed by atoms with E-state index in [1.807, 2.05) is 12.1 Å². The lowest BCUT2D eigenvalue weighted by Crippen LogP contribution is -2.43. The lowest BCUT2D eigenvalue weighted by Gasteiger charge is -2.32. The van der Waals surface area contributed by atoms with Gasteiger partial charge in [-0.05, 0) is 31.4 Å². The van der Waals surface area contributed by atoms with Crippen molar-refractivity contribution in [1.82, 2.24) is 10.2 Å². The number of benzene rings is 1. The van der Waals surface area contributed by atoms with Crippen LogP contribution in [0.2, 0.25) is 0 Å². The molecule has 1 amide bonds. The summed E-state index contributed by atoms with van der Waals surface area (Å²) < 4.78 is 13.7. The largest absolute Gasteiger partial charge is 0.356 e. The lowest BCUT2D eigenvalue weighted by atomic mass is 9.96. The van der Waals surface area contributed by atoms with Crippen LogP contribution in [0.25, 0.3) is 0 Å². The summed E-state index contributed by atoms with van der Waals surface area (Å²) in [7, 11) is 0. The summed E-state index contributed by atoms with van der Waals surface area (Å²) in [6.07, 6.45) is 1.92. The first-order valence-electron chi connectivity index (χ1n) is 7.79. The molecule has 4 heteroatoms. The molecule has 1 fully saturated rings. The summed E-state index contributed by atoms with van der Waals surface area (Å²) in [5.41, 5.74) is 0.709. The van der Waals surface area contributed by atoms with Gasteiger partial charge in [0.05, 0.1) is 5.92 Å². The standard InChI is InChI=1S/C17H25FN2O/c1-13(2)10-19-17(21)15-7-5-9-20(12-15)11-14-6-3-4-8-16(14)18/h3-4,6,8,13,15H,5,7,9-12H2,1-2H3,(H,19,21). The van der Waals surface area contributed by atoms with E-state index < -0.39 is 0 Å². The van der Waals surface area contributed by atoms with Crippen LogP contribution < -0.4 is 5.32 Å². The molecule has 1 aliphatic heterocycles. The highest BCUT2D eigenvalue weighted by Gasteiger charge is 2.26. The first-order valence-corrected chi connectivity index (χ1v) is 7.79. The monoisotopic (exact) mass is 292 g/mol. The molecule has 1 aromatic carbocycles. The average Bonchev–Trinajstić information content (AvgIpc) is 2.47. The summed E-state index contributed by atoms with van der Waals surface area (Å²) in [5, 5.41) is 3.01. The SMILES string of the molecule is CC(C)CNC(=O)C1CCCN(Cc2ccccc2F)C1. The van der Waals surface area contributed by atoms with Crippen LogP contribution in [0.3, 0.4) is 0 Å². The van der Waals surface area contributed by atoms with Gasteiger partial charge in [-0.3, -0.25) is 9.69 Å². The van der Waals surface area contributed by atoms with Gasteiger partial charge in [-0.1, -0.05) is 32.0 Å². The van der Waals surface area contributed by atoms with Gasteiger partial charge in [-0.25, -0.2) is 4.39 Å². The molecule has 0 spiro atoms. The average molecular weight is 292 g/mol. The maximum atomic E-state index is 13.7. The van der Waals surface area contributed by atoms with Crippen molar-refractivity contribution < 1.29 is 9.18 Å². The zero-order chi connectivity index (χ0) is 15.2. The highest BCUT2D eigenvalue weighted by atomic mass is 19.1. The first-order chi connectivity index (χ1) is 10.1. The van der Waals surface area contributed by atoms with Crippen molar-refractivity contribution in [2.45, 2.75) is 33.2 Å². The van der Waals surface area contributed by atoms with Gasteiger partial charge in [0.1, 0.15) is 5.82 Å². The number of halogens is 1. The van der Waals surface area contributed by atoms with E-state index in [2.05, 4.69) is 24.1 Å². The fraction of sp³-hybridized carbons (Fsp3) is 0.588. The van der Waals surface area contributed by atoms with Crippen molar-refractivity contribution in [2.24, 2.45) is 11.8 Å².